The highest BCUT2D eigenvalue weighted by atomic mass is 16.4. The van der Waals surface area contributed by atoms with Crippen molar-refractivity contribution in [2.75, 3.05) is 31.1 Å². The van der Waals surface area contributed by atoms with Crippen LogP contribution in [0.2, 0.25) is 0 Å². The number of fused-ring (bicyclic) bond motifs is 1. The van der Waals surface area contributed by atoms with E-state index in [1.807, 2.05) is 34.9 Å². The summed E-state index contributed by atoms with van der Waals surface area (Å²) in [5.41, 5.74) is 2.41. The first-order valence-electron chi connectivity index (χ1n) is 8.04. The lowest BCUT2D eigenvalue weighted by Crippen LogP contribution is -2.48. The van der Waals surface area contributed by atoms with E-state index in [1.165, 1.54) is 0 Å². The number of H-pyrrole nitrogens is 1. The summed E-state index contributed by atoms with van der Waals surface area (Å²) in [5.74, 6) is 0.669. The van der Waals surface area contributed by atoms with Gasteiger partial charge in [-0.05, 0) is 18.2 Å². The number of aryl methyl sites for hydroxylation is 1. The maximum atomic E-state index is 12.7. The molecule has 3 aromatic rings. The molecule has 1 aliphatic rings. The smallest absolute Gasteiger partial charge is 0.318 e. The second kappa shape index (κ2) is 5.95. The van der Waals surface area contributed by atoms with Gasteiger partial charge in [0.25, 0.3) is 5.91 Å². The maximum Gasteiger partial charge on any atom is 0.318 e. The Hall–Kier alpha value is -2.90. The lowest BCUT2D eigenvalue weighted by molar-refractivity contribution is 0.0745. The maximum absolute atomic E-state index is 12.7. The molecule has 0 radical (unpaired) electrons. The molecular weight excluding hydrogens is 308 g/mol. The van der Waals surface area contributed by atoms with Crippen LogP contribution in [0.15, 0.2) is 28.9 Å². The van der Waals surface area contributed by atoms with Crippen molar-refractivity contribution in [3.8, 4) is 0 Å². The Kier molecular flexibility index (Phi) is 3.64. The lowest BCUT2D eigenvalue weighted by Gasteiger charge is -2.33. The van der Waals surface area contributed by atoms with E-state index in [0.717, 1.165) is 17.5 Å². The van der Waals surface area contributed by atoms with Gasteiger partial charge >= 0.3 is 6.01 Å². The standard InChI is InChI=1S/C16H18N6O2/c1-2-14-19-20-16(24-14)22-7-5-21(6-8-22)15(23)11-3-4-12-13(9-11)18-10-17-12/h3-4,9-10H,2,5-8H2,1H3,(H,17,18). The molecule has 4 rings (SSSR count). The molecule has 124 valence electrons. The molecule has 0 saturated carbocycles. The van der Waals surface area contributed by atoms with Gasteiger partial charge in [-0.1, -0.05) is 12.0 Å². The summed E-state index contributed by atoms with van der Waals surface area (Å²) in [4.78, 5) is 23.8. The van der Waals surface area contributed by atoms with Crippen molar-refractivity contribution in [1.82, 2.24) is 25.1 Å². The molecule has 1 amide bonds. The summed E-state index contributed by atoms with van der Waals surface area (Å²) in [6, 6.07) is 6.07. The third kappa shape index (κ3) is 2.60. The number of hydrogen-bond donors (Lipinski definition) is 1. The first-order valence-corrected chi connectivity index (χ1v) is 8.04. The average Bonchev–Trinajstić information content (AvgIpc) is 3.29. The second-order valence-corrected chi connectivity index (χ2v) is 5.75. The number of amides is 1. The van der Waals surface area contributed by atoms with Crippen LogP contribution in [-0.2, 0) is 6.42 Å². The van der Waals surface area contributed by atoms with Crippen LogP contribution in [0.25, 0.3) is 11.0 Å². The summed E-state index contributed by atoms with van der Waals surface area (Å²) in [6.45, 7) is 4.60. The van der Waals surface area contributed by atoms with Crippen LogP contribution < -0.4 is 4.90 Å². The Bertz CT molecular complexity index is 862. The van der Waals surface area contributed by atoms with Crippen LogP contribution in [-0.4, -0.2) is 57.2 Å². The summed E-state index contributed by atoms with van der Waals surface area (Å²) < 4.78 is 5.58. The second-order valence-electron chi connectivity index (χ2n) is 5.75. The number of nitrogens with zero attached hydrogens (tertiary/aromatic N) is 5. The third-order valence-electron chi connectivity index (χ3n) is 4.26. The van der Waals surface area contributed by atoms with E-state index in [9.17, 15) is 4.79 Å². The van der Waals surface area contributed by atoms with Crippen LogP contribution in [0, 0.1) is 0 Å². The predicted molar refractivity (Wildman–Crippen MR) is 87.9 cm³/mol. The highest BCUT2D eigenvalue weighted by molar-refractivity contribution is 5.97. The van der Waals surface area contributed by atoms with E-state index in [1.54, 1.807) is 6.33 Å². The van der Waals surface area contributed by atoms with E-state index < -0.39 is 0 Å². The Balaban J connectivity index is 1.43. The Morgan fingerprint density at radius 3 is 2.83 bits per heavy atom. The molecule has 3 heterocycles. The first-order chi connectivity index (χ1) is 11.7. The largest absolute Gasteiger partial charge is 0.408 e. The fraction of sp³-hybridized carbons (Fsp3) is 0.375. The van der Waals surface area contributed by atoms with Crippen LogP contribution in [0.1, 0.15) is 23.2 Å². The van der Waals surface area contributed by atoms with E-state index >= 15 is 0 Å². The van der Waals surface area contributed by atoms with Crippen molar-refractivity contribution in [2.24, 2.45) is 0 Å². The van der Waals surface area contributed by atoms with Crippen molar-refractivity contribution in [1.29, 1.82) is 0 Å². The number of aromatic nitrogens is 4. The number of anilines is 1. The number of hydrogen-bond acceptors (Lipinski definition) is 6. The molecule has 1 aliphatic heterocycles. The van der Waals surface area contributed by atoms with Crippen molar-refractivity contribution >= 4 is 23.0 Å². The van der Waals surface area contributed by atoms with Crippen molar-refractivity contribution < 1.29 is 9.21 Å². The number of rotatable bonds is 3. The van der Waals surface area contributed by atoms with Crippen LogP contribution >= 0.6 is 0 Å². The minimum atomic E-state index is 0.0333. The van der Waals surface area contributed by atoms with Crippen LogP contribution in [0.3, 0.4) is 0 Å². The van der Waals surface area contributed by atoms with E-state index in [-0.39, 0.29) is 5.91 Å². The number of carbonyl (C=O) groups is 1. The third-order valence-corrected chi connectivity index (χ3v) is 4.26. The molecule has 24 heavy (non-hydrogen) atoms. The van der Waals surface area contributed by atoms with Crippen LogP contribution in [0.4, 0.5) is 6.01 Å². The number of nitrogens with one attached hydrogen (secondary N) is 1. The highest BCUT2D eigenvalue weighted by Crippen LogP contribution is 2.18. The summed E-state index contributed by atoms with van der Waals surface area (Å²) >= 11 is 0. The molecule has 0 aliphatic carbocycles. The van der Waals surface area contributed by atoms with E-state index in [4.69, 9.17) is 4.42 Å². The number of piperazine rings is 1. The Morgan fingerprint density at radius 1 is 1.25 bits per heavy atom. The van der Waals surface area contributed by atoms with Crippen molar-refractivity contribution in [3.05, 3.63) is 36.0 Å². The Morgan fingerprint density at radius 2 is 2.08 bits per heavy atom. The normalized spacial score (nSPS) is 15.2. The van der Waals surface area contributed by atoms with Crippen LogP contribution in [0.5, 0.6) is 0 Å². The zero-order valence-corrected chi connectivity index (χ0v) is 13.4. The highest BCUT2D eigenvalue weighted by Gasteiger charge is 2.25. The SMILES string of the molecule is CCc1nnc(N2CCN(C(=O)c3ccc4nc[nH]c4c3)CC2)o1. The molecule has 0 bridgehead atoms. The molecule has 0 unspecified atom stereocenters. The van der Waals surface area contributed by atoms with Gasteiger partial charge < -0.3 is 19.2 Å². The number of aromatic amines is 1. The van der Waals surface area contributed by atoms with Gasteiger partial charge in [0.1, 0.15) is 0 Å². The van der Waals surface area contributed by atoms with Crippen molar-refractivity contribution in [2.45, 2.75) is 13.3 Å². The number of carbonyl (C=O) groups excluding carboxylic acids is 1. The number of benzene rings is 1. The van der Waals surface area contributed by atoms with E-state index in [2.05, 4.69) is 20.2 Å². The fourth-order valence-corrected chi connectivity index (χ4v) is 2.87. The molecule has 0 spiro atoms. The van der Waals surface area contributed by atoms with Gasteiger partial charge in [0.05, 0.1) is 17.4 Å². The Labute approximate surface area is 138 Å². The first kappa shape index (κ1) is 14.7. The molecule has 1 N–H and O–H groups in total. The molecule has 1 fully saturated rings. The molecule has 8 nitrogen and oxygen atoms in total. The zero-order chi connectivity index (χ0) is 16.5. The molecule has 0 atom stereocenters. The zero-order valence-electron chi connectivity index (χ0n) is 13.4. The number of imidazole rings is 1. The summed E-state index contributed by atoms with van der Waals surface area (Å²) in [6.07, 6.45) is 2.36. The van der Waals surface area contributed by atoms with Gasteiger partial charge in [0.15, 0.2) is 0 Å². The van der Waals surface area contributed by atoms with Crippen molar-refractivity contribution in [3.63, 3.8) is 0 Å². The topological polar surface area (TPSA) is 91.2 Å². The molecule has 1 saturated heterocycles. The van der Waals surface area contributed by atoms with Gasteiger partial charge in [-0.15, -0.1) is 5.10 Å². The van der Waals surface area contributed by atoms with Gasteiger partial charge in [-0.25, -0.2) is 4.98 Å². The van der Waals surface area contributed by atoms with Gasteiger partial charge in [0, 0.05) is 38.2 Å². The van der Waals surface area contributed by atoms with E-state index in [0.29, 0.717) is 43.6 Å². The lowest BCUT2D eigenvalue weighted by atomic mass is 10.1. The molecule has 1 aromatic carbocycles. The minimum Gasteiger partial charge on any atom is -0.408 e. The van der Waals surface area contributed by atoms with Gasteiger partial charge in [0.2, 0.25) is 5.89 Å². The average molecular weight is 326 g/mol. The van der Waals surface area contributed by atoms with Gasteiger partial charge in [-0.2, -0.15) is 0 Å². The minimum absolute atomic E-state index is 0.0333. The quantitative estimate of drug-likeness (QED) is 0.784. The molecule has 8 heteroatoms. The summed E-state index contributed by atoms with van der Waals surface area (Å²) in [7, 11) is 0. The molecule has 2 aromatic heterocycles. The predicted octanol–water partition coefficient (Wildman–Crippen LogP) is 1.47. The monoisotopic (exact) mass is 326 g/mol. The molecular formula is C16H18N6O2. The fourth-order valence-electron chi connectivity index (χ4n) is 2.87. The van der Waals surface area contributed by atoms with Gasteiger partial charge in [-0.3, -0.25) is 4.79 Å². The summed E-state index contributed by atoms with van der Waals surface area (Å²) in [5, 5.41) is 8.05.